The summed E-state index contributed by atoms with van der Waals surface area (Å²) in [6, 6.07) is 16.0. The molecule has 0 unspecified atom stereocenters. The van der Waals surface area contributed by atoms with Gasteiger partial charge in [0, 0.05) is 24.8 Å². The van der Waals surface area contributed by atoms with Crippen molar-refractivity contribution < 1.29 is 14.3 Å². The monoisotopic (exact) mass is 354 g/mol. The molecule has 2 N–H and O–H groups in total. The maximum Gasteiger partial charge on any atom is 0.256 e. The van der Waals surface area contributed by atoms with E-state index in [4.69, 9.17) is 9.47 Å². The van der Waals surface area contributed by atoms with Crippen LogP contribution in [0.3, 0.4) is 0 Å². The standard InChI is InChI=1S/C21H26N2O3/c1-25-19-9-8-18(15-17(19)14-16-6-4-3-5-7-16)23-20(24)21(26-2)10-12-22-13-11-21/h3-9,15,22H,10-14H2,1-2H3,(H,23,24). The number of amides is 1. The molecule has 0 aliphatic carbocycles. The van der Waals surface area contributed by atoms with E-state index in [0.717, 1.165) is 36.5 Å². The second-order valence-electron chi connectivity index (χ2n) is 6.59. The fraction of sp³-hybridized carbons (Fsp3) is 0.381. The van der Waals surface area contributed by atoms with Crippen LogP contribution in [-0.4, -0.2) is 38.8 Å². The number of anilines is 1. The Morgan fingerprint density at radius 1 is 1.12 bits per heavy atom. The van der Waals surface area contributed by atoms with Crippen LogP contribution in [0.25, 0.3) is 0 Å². The number of methoxy groups -OCH3 is 2. The Kier molecular flexibility index (Phi) is 5.91. The van der Waals surface area contributed by atoms with Gasteiger partial charge in [-0.25, -0.2) is 0 Å². The van der Waals surface area contributed by atoms with Crippen molar-refractivity contribution in [2.45, 2.75) is 24.9 Å². The topological polar surface area (TPSA) is 59.6 Å². The van der Waals surface area contributed by atoms with E-state index in [1.807, 2.05) is 36.4 Å². The normalized spacial score (nSPS) is 16.1. The molecule has 5 nitrogen and oxygen atoms in total. The zero-order valence-corrected chi connectivity index (χ0v) is 15.4. The fourth-order valence-electron chi connectivity index (χ4n) is 3.41. The summed E-state index contributed by atoms with van der Waals surface area (Å²) in [5.74, 6) is 0.729. The molecule has 2 aromatic rings. The second kappa shape index (κ2) is 8.34. The number of nitrogens with one attached hydrogen (secondary N) is 2. The van der Waals surface area contributed by atoms with E-state index in [2.05, 4.69) is 22.8 Å². The third kappa shape index (κ3) is 4.06. The van der Waals surface area contributed by atoms with Crippen LogP contribution in [0.15, 0.2) is 48.5 Å². The molecular weight excluding hydrogens is 328 g/mol. The van der Waals surface area contributed by atoms with E-state index >= 15 is 0 Å². The van der Waals surface area contributed by atoms with Gasteiger partial charge in [-0.15, -0.1) is 0 Å². The molecule has 1 aliphatic rings. The van der Waals surface area contributed by atoms with E-state index in [-0.39, 0.29) is 5.91 Å². The first kappa shape index (κ1) is 18.4. The highest BCUT2D eigenvalue weighted by Crippen LogP contribution is 2.28. The lowest BCUT2D eigenvalue weighted by molar-refractivity contribution is -0.140. The van der Waals surface area contributed by atoms with Crippen molar-refractivity contribution in [3.63, 3.8) is 0 Å². The first-order valence-electron chi connectivity index (χ1n) is 8.95. The molecular formula is C21H26N2O3. The van der Waals surface area contributed by atoms with Crippen LogP contribution in [0.5, 0.6) is 5.75 Å². The molecule has 1 heterocycles. The van der Waals surface area contributed by atoms with Gasteiger partial charge < -0.3 is 20.1 Å². The molecule has 1 amide bonds. The Morgan fingerprint density at radius 3 is 2.50 bits per heavy atom. The summed E-state index contributed by atoms with van der Waals surface area (Å²) in [5.41, 5.74) is 2.23. The minimum atomic E-state index is -0.759. The predicted molar refractivity (Wildman–Crippen MR) is 103 cm³/mol. The van der Waals surface area contributed by atoms with E-state index in [1.54, 1.807) is 14.2 Å². The summed E-state index contributed by atoms with van der Waals surface area (Å²) in [5, 5.41) is 6.30. The van der Waals surface area contributed by atoms with Crippen LogP contribution in [-0.2, 0) is 16.0 Å². The molecule has 3 rings (SSSR count). The summed E-state index contributed by atoms with van der Waals surface area (Å²) in [6.45, 7) is 1.56. The zero-order chi connectivity index (χ0) is 18.4. The zero-order valence-electron chi connectivity index (χ0n) is 15.4. The van der Waals surface area contributed by atoms with Crippen LogP contribution < -0.4 is 15.4 Å². The largest absolute Gasteiger partial charge is 0.496 e. The Morgan fingerprint density at radius 2 is 1.85 bits per heavy atom. The number of hydrogen-bond acceptors (Lipinski definition) is 4. The van der Waals surface area contributed by atoms with Gasteiger partial charge in [0.2, 0.25) is 0 Å². The van der Waals surface area contributed by atoms with Gasteiger partial charge in [0.1, 0.15) is 11.4 Å². The molecule has 1 aliphatic heterocycles. The molecule has 0 atom stereocenters. The highest BCUT2D eigenvalue weighted by Gasteiger charge is 2.39. The molecule has 0 saturated carbocycles. The Labute approximate surface area is 154 Å². The van der Waals surface area contributed by atoms with E-state index in [1.165, 1.54) is 5.56 Å². The molecule has 5 heteroatoms. The quantitative estimate of drug-likeness (QED) is 0.837. The lowest BCUT2D eigenvalue weighted by Crippen LogP contribution is -2.51. The highest BCUT2D eigenvalue weighted by atomic mass is 16.5. The van der Waals surface area contributed by atoms with Crippen molar-refractivity contribution in [2.75, 3.05) is 32.6 Å². The Balaban J connectivity index is 1.79. The molecule has 2 aromatic carbocycles. The maximum atomic E-state index is 12.8. The number of carbonyl (C=O) groups excluding carboxylic acids is 1. The molecule has 1 saturated heterocycles. The van der Waals surface area contributed by atoms with Gasteiger partial charge in [-0.05, 0) is 49.7 Å². The average Bonchev–Trinajstić information content (AvgIpc) is 2.69. The van der Waals surface area contributed by atoms with E-state index in [9.17, 15) is 4.79 Å². The Hall–Kier alpha value is -2.37. The third-order valence-electron chi connectivity index (χ3n) is 4.99. The number of hydrogen-bond donors (Lipinski definition) is 2. The number of rotatable bonds is 6. The molecule has 138 valence electrons. The average molecular weight is 354 g/mol. The van der Waals surface area contributed by atoms with Crippen molar-refractivity contribution in [1.82, 2.24) is 5.32 Å². The number of benzene rings is 2. The van der Waals surface area contributed by atoms with Crippen LogP contribution in [0.4, 0.5) is 5.69 Å². The van der Waals surface area contributed by atoms with Crippen molar-refractivity contribution >= 4 is 11.6 Å². The van der Waals surface area contributed by atoms with Crippen molar-refractivity contribution in [2.24, 2.45) is 0 Å². The molecule has 0 bridgehead atoms. The number of carbonyl (C=O) groups is 1. The highest BCUT2D eigenvalue weighted by molar-refractivity contribution is 5.97. The minimum Gasteiger partial charge on any atom is -0.496 e. The molecule has 1 fully saturated rings. The summed E-state index contributed by atoms with van der Waals surface area (Å²) in [6.07, 6.45) is 2.08. The summed E-state index contributed by atoms with van der Waals surface area (Å²) in [7, 11) is 3.27. The Bertz CT molecular complexity index is 740. The minimum absolute atomic E-state index is 0.0858. The van der Waals surface area contributed by atoms with Gasteiger partial charge in [0.05, 0.1) is 7.11 Å². The summed E-state index contributed by atoms with van der Waals surface area (Å²) in [4.78, 5) is 12.8. The predicted octanol–water partition coefficient (Wildman–Crippen LogP) is 2.99. The van der Waals surface area contributed by atoms with E-state index < -0.39 is 5.60 Å². The van der Waals surface area contributed by atoms with Crippen LogP contribution in [0.2, 0.25) is 0 Å². The van der Waals surface area contributed by atoms with Gasteiger partial charge in [-0.2, -0.15) is 0 Å². The lowest BCUT2D eigenvalue weighted by Gasteiger charge is -2.34. The van der Waals surface area contributed by atoms with Gasteiger partial charge in [0.25, 0.3) is 5.91 Å². The third-order valence-corrected chi connectivity index (χ3v) is 4.99. The molecule has 0 spiro atoms. The smallest absolute Gasteiger partial charge is 0.256 e. The summed E-state index contributed by atoms with van der Waals surface area (Å²) < 4.78 is 11.1. The number of piperidine rings is 1. The molecule has 0 radical (unpaired) electrons. The lowest BCUT2D eigenvalue weighted by atomic mass is 9.91. The van der Waals surface area contributed by atoms with Crippen molar-refractivity contribution in [1.29, 1.82) is 0 Å². The van der Waals surface area contributed by atoms with Crippen molar-refractivity contribution in [3.8, 4) is 5.75 Å². The first-order chi connectivity index (χ1) is 12.7. The second-order valence-corrected chi connectivity index (χ2v) is 6.59. The first-order valence-corrected chi connectivity index (χ1v) is 8.95. The van der Waals surface area contributed by atoms with Gasteiger partial charge in [-0.1, -0.05) is 30.3 Å². The number of ether oxygens (including phenoxy) is 2. The molecule has 0 aromatic heterocycles. The van der Waals surface area contributed by atoms with Crippen LogP contribution >= 0.6 is 0 Å². The summed E-state index contributed by atoms with van der Waals surface area (Å²) >= 11 is 0. The van der Waals surface area contributed by atoms with Crippen LogP contribution in [0.1, 0.15) is 24.0 Å². The SMILES string of the molecule is COc1ccc(NC(=O)C2(OC)CCNCC2)cc1Cc1ccccc1. The van der Waals surface area contributed by atoms with Gasteiger partial charge in [0.15, 0.2) is 0 Å². The van der Waals surface area contributed by atoms with Crippen molar-refractivity contribution in [3.05, 3.63) is 59.7 Å². The van der Waals surface area contributed by atoms with E-state index in [0.29, 0.717) is 12.8 Å². The van der Waals surface area contributed by atoms with Gasteiger partial charge in [-0.3, -0.25) is 4.79 Å². The van der Waals surface area contributed by atoms with Gasteiger partial charge >= 0.3 is 0 Å². The van der Waals surface area contributed by atoms with Crippen LogP contribution in [0, 0.1) is 0 Å². The fourth-order valence-corrected chi connectivity index (χ4v) is 3.41. The maximum absolute atomic E-state index is 12.8. The molecule has 26 heavy (non-hydrogen) atoms.